The fourth-order valence-corrected chi connectivity index (χ4v) is 3.41. The normalized spacial score (nSPS) is 25.1. The maximum absolute atomic E-state index is 9.01. The zero-order valence-electron chi connectivity index (χ0n) is 21.3. The number of aryl methyl sites for hydroxylation is 3. The molecule has 0 aromatic heterocycles. The second-order valence-electron chi connectivity index (χ2n) is 7.58. The summed E-state index contributed by atoms with van der Waals surface area (Å²) in [7, 11) is 0. The molecule has 1 aliphatic rings. The molecule has 0 heterocycles. The summed E-state index contributed by atoms with van der Waals surface area (Å²) in [5.74, 6) is -0.811. The van der Waals surface area contributed by atoms with Gasteiger partial charge in [0.2, 0.25) is 0 Å². The summed E-state index contributed by atoms with van der Waals surface area (Å²) in [4.78, 5) is 0. The van der Waals surface area contributed by atoms with Gasteiger partial charge in [0, 0.05) is 9.60 Å². The molecule has 23 heavy (non-hydrogen) atoms. The third-order valence-corrected chi connectivity index (χ3v) is 5.10. The molecule has 1 saturated carbocycles. The molecule has 1 aliphatic carbocycles. The van der Waals surface area contributed by atoms with Crippen molar-refractivity contribution in [2.75, 3.05) is 0 Å². The van der Waals surface area contributed by atoms with E-state index in [2.05, 4.69) is 13.8 Å². The second kappa shape index (κ2) is 6.15. The van der Waals surface area contributed by atoms with Crippen molar-refractivity contribution >= 4 is 0 Å². The van der Waals surface area contributed by atoms with Crippen molar-refractivity contribution in [3.8, 4) is 11.1 Å². The molecule has 2 aromatic carbocycles. The smallest absolute Gasteiger partial charge is 0.0352 e. The van der Waals surface area contributed by atoms with Crippen LogP contribution in [0, 0.1) is 26.0 Å². The van der Waals surface area contributed by atoms with Gasteiger partial charge in [-0.25, -0.2) is 0 Å². The summed E-state index contributed by atoms with van der Waals surface area (Å²) in [5, 5.41) is 0. The standard InChI is InChI=1S/C23H30/c1-16-6-8-21(17(2)14-16)22-9-7-20(15-18(22)3)19-10-12-23(4,5)13-11-19/h6-9,14-15,19H,10-13H2,1-5H3/i2D3,3D3,19D. The van der Waals surface area contributed by atoms with Crippen molar-refractivity contribution in [3.05, 3.63) is 58.7 Å². The molecular formula is C23H30. The average Bonchev–Trinajstić information content (AvgIpc) is 2.62. The zero-order valence-corrected chi connectivity index (χ0v) is 14.3. The van der Waals surface area contributed by atoms with Gasteiger partial charge in [0.25, 0.3) is 0 Å². The largest absolute Gasteiger partial charge is 0.0599 e. The summed E-state index contributed by atoms with van der Waals surface area (Å²) >= 11 is 0. The lowest BCUT2D eigenvalue weighted by molar-refractivity contribution is 0.224. The summed E-state index contributed by atoms with van der Waals surface area (Å²) in [6, 6.07) is 10.2. The summed E-state index contributed by atoms with van der Waals surface area (Å²) in [6.07, 6.45) is 3.21. The Morgan fingerprint density at radius 1 is 0.957 bits per heavy atom. The van der Waals surface area contributed by atoms with Crippen LogP contribution >= 0.6 is 0 Å². The van der Waals surface area contributed by atoms with E-state index in [1.54, 1.807) is 30.3 Å². The summed E-state index contributed by atoms with van der Waals surface area (Å²) in [6.45, 7) is 1.47. The van der Waals surface area contributed by atoms with Crippen molar-refractivity contribution in [3.63, 3.8) is 0 Å². The van der Waals surface area contributed by atoms with Crippen molar-refractivity contribution in [2.24, 2.45) is 5.41 Å². The van der Waals surface area contributed by atoms with Crippen molar-refractivity contribution in [1.29, 1.82) is 0 Å². The first-order valence-corrected chi connectivity index (χ1v) is 8.39. The van der Waals surface area contributed by atoms with Gasteiger partial charge in [-0.2, -0.15) is 0 Å². The monoisotopic (exact) mass is 313 g/mol. The highest BCUT2D eigenvalue weighted by Crippen LogP contribution is 2.43. The third kappa shape index (κ3) is 3.52. The van der Waals surface area contributed by atoms with Crippen LogP contribution in [0.3, 0.4) is 0 Å². The summed E-state index contributed by atoms with van der Waals surface area (Å²) < 4.78 is 57.1. The van der Waals surface area contributed by atoms with Crippen LogP contribution in [-0.4, -0.2) is 0 Å². The Morgan fingerprint density at radius 3 is 2.22 bits per heavy atom. The van der Waals surface area contributed by atoms with Gasteiger partial charge in [-0.15, -0.1) is 0 Å². The molecule has 0 nitrogen and oxygen atoms in total. The fraction of sp³-hybridized carbons (Fsp3) is 0.478. The topological polar surface area (TPSA) is 0 Å². The van der Waals surface area contributed by atoms with Gasteiger partial charge in [-0.1, -0.05) is 55.8 Å². The molecule has 0 N–H and O–H groups in total. The van der Waals surface area contributed by atoms with E-state index in [-0.39, 0.29) is 16.5 Å². The molecule has 3 rings (SSSR count). The molecule has 1 fully saturated rings. The highest BCUT2D eigenvalue weighted by atomic mass is 14.3. The number of hydrogen-bond acceptors (Lipinski definition) is 0. The van der Waals surface area contributed by atoms with Gasteiger partial charge in [-0.05, 0) is 85.4 Å². The molecule has 122 valence electrons. The Labute approximate surface area is 151 Å². The quantitative estimate of drug-likeness (QED) is 0.562. The molecule has 0 unspecified atom stereocenters. The first kappa shape index (κ1) is 9.67. The number of rotatable bonds is 2. The lowest BCUT2D eigenvalue weighted by Crippen LogP contribution is -2.20. The van der Waals surface area contributed by atoms with Crippen LogP contribution in [0.1, 0.15) is 77.3 Å². The molecule has 0 atom stereocenters. The van der Waals surface area contributed by atoms with E-state index in [9.17, 15) is 0 Å². The minimum atomic E-state index is -2.41. The first-order chi connectivity index (χ1) is 13.6. The van der Waals surface area contributed by atoms with Crippen LogP contribution in [0.4, 0.5) is 0 Å². The molecule has 0 bridgehead atoms. The predicted octanol–water partition coefficient (Wildman–Crippen LogP) is 6.96. The number of hydrogen-bond donors (Lipinski definition) is 0. The van der Waals surface area contributed by atoms with Crippen LogP contribution in [0.15, 0.2) is 36.4 Å². The Bertz CT molecular complexity index is 926. The Kier molecular flexibility index (Phi) is 2.58. The first-order valence-electron chi connectivity index (χ1n) is 11.9. The van der Waals surface area contributed by atoms with Gasteiger partial charge in [0.05, 0.1) is 0 Å². The van der Waals surface area contributed by atoms with Gasteiger partial charge in [0.1, 0.15) is 0 Å². The zero-order chi connectivity index (χ0) is 22.5. The summed E-state index contributed by atoms with van der Waals surface area (Å²) in [5.41, 5.74) is 2.81. The Hall–Kier alpha value is -1.56. The maximum Gasteiger partial charge on any atom is 0.0352 e. The van der Waals surface area contributed by atoms with Gasteiger partial charge in [0.15, 0.2) is 0 Å². The molecule has 0 amide bonds. The fourth-order valence-electron chi connectivity index (χ4n) is 3.41. The Morgan fingerprint density at radius 2 is 1.57 bits per heavy atom. The van der Waals surface area contributed by atoms with Crippen LogP contribution < -0.4 is 0 Å². The van der Waals surface area contributed by atoms with Crippen LogP contribution in [0.25, 0.3) is 11.1 Å². The van der Waals surface area contributed by atoms with E-state index < -0.39 is 19.6 Å². The van der Waals surface area contributed by atoms with E-state index in [1.165, 1.54) is 0 Å². The molecule has 0 spiro atoms. The van der Waals surface area contributed by atoms with E-state index >= 15 is 0 Å². The van der Waals surface area contributed by atoms with Gasteiger partial charge in [-0.3, -0.25) is 0 Å². The van der Waals surface area contributed by atoms with E-state index in [4.69, 9.17) is 9.60 Å². The second-order valence-corrected chi connectivity index (χ2v) is 7.58. The lowest BCUT2D eigenvalue weighted by atomic mass is 9.71. The highest BCUT2D eigenvalue weighted by Gasteiger charge is 2.27. The van der Waals surface area contributed by atoms with Crippen LogP contribution in [-0.2, 0) is 0 Å². The average molecular weight is 314 g/mol. The number of benzene rings is 2. The van der Waals surface area contributed by atoms with Gasteiger partial charge < -0.3 is 0 Å². The molecule has 0 heteroatoms. The van der Waals surface area contributed by atoms with Crippen molar-refractivity contribution in [2.45, 2.75) is 66.1 Å². The van der Waals surface area contributed by atoms with Crippen molar-refractivity contribution < 1.29 is 9.60 Å². The minimum absolute atomic E-state index is 0.116. The molecule has 0 saturated heterocycles. The van der Waals surface area contributed by atoms with E-state index in [1.807, 2.05) is 13.0 Å². The molecular weight excluding hydrogens is 276 g/mol. The maximum atomic E-state index is 9.01. The predicted molar refractivity (Wildman–Crippen MR) is 101 cm³/mol. The minimum Gasteiger partial charge on any atom is -0.0599 e. The lowest BCUT2D eigenvalue weighted by Gasteiger charge is -2.34. The third-order valence-electron chi connectivity index (χ3n) is 5.10. The molecule has 0 aliphatic heterocycles. The Balaban J connectivity index is 2.15. The van der Waals surface area contributed by atoms with E-state index in [0.29, 0.717) is 29.5 Å². The van der Waals surface area contributed by atoms with Crippen LogP contribution in [0.5, 0.6) is 0 Å². The van der Waals surface area contributed by atoms with Gasteiger partial charge >= 0.3 is 0 Å². The molecule has 0 radical (unpaired) electrons. The highest BCUT2D eigenvalue weighted by molar-refractivity contribution is 5.71. The molecule has 2 aromatic rings. The van der Waals surface area contributed by atoms with Crippen molar-refractivity contribution in [1.82, 2.24) is 0 Å². The van der Waals surface area contributed by atoms with Crippen LogP contribution in [0.2, 0.25) is 0 Å². The van der Waals surface area contributed by atoms with E-state index in [0.717, 1.165) is 18.4 Å². The SMILES string of the molecule is [2H]C([2H])([2H])c1cc(C)ccc1-c1ccc(C2([2H])CCC(C)(C)CC2)cc1C([2H])([2H])[2H].